The van der Waals surface area contributed by atoms with Gasteiger partial charge in [0.1, 0.15) is 11.5 Å². The topological polar surface area (TPSA) is 107 Å². The zero-order chi connectivity index (χ0) is 19.4. The van der Waals surface area contributed by atoms with E-state index < -0.39 is 20.5 Å². The van der Waals surface area contributed by atoms with E-state index in [1.165, 1.54) is 60.7 Å². The van der Waals surface area contributed by atoms with Crippen LogP contribution in [0.15, 0.2) is 70.5 Å². The van der Waals surface area contributed by atoms with Gasteiger partial charge in [-0.2, -0.15) is 0 Å². The minimum absolute atomic E-state index is 0.0177. The van der Waals surface area contributed by atoms with Crippen LogP contribution in [0.4, 0.5) is 5.69 Å². The van der Waals surface area contributed by atoms with E-state index in [9.17, 15) is 23.6 Å². The third-order valence-corrected chi connectivity index (χ3v) is 5.52. The fourth-order valence-electron chi connectivity index (χ4n) is 2.33. The molecule has 7 nitrogen and oxygen atoms in total. The van der Waals surface area contributed by atoms with E-state index in [0.29, 0.717) is 5.56 Å². The highest BCUT2D eigenvalue weighted by Gasteiger charge is 2.23. The van der Waals surface area contributed by atoms with Gasteiger partial charge in [0.05, 0.1) is 9.82 Å². The molecule has 3 aromatic carbocycles. The second-order valence-corrected chi connectivity index (χ2v) is 7.39. The monoisotopic (exact) mass is 383 g/mol. The van der Waals surface area contributed by atoms with Crippen LogP contribution in [0.2, 0.25) is 0 Å². The smallest absolute Gasteiger partial charge is 0.269 e. The maximum Gasteiger partial charge on any atom is 0.269 e. The van der Waals surface area contributed by atoms with Crippen molar-refractivity contribution in [3.05, 3.63) is 88.5 Å². The van der Waals surface area contributed by atoms with Crippen LogP contribution in [0.25, 0.3) is 0 Å². The fraction of sp³-hybridized carbons (Fsp3) is 0.0526. The first-order chi connectivity index (χ1) is 12.9. The molecule has 1 N–H and O–H groups in total. The Morgan fingerprint density at radius 3 is 2.33 bits per heavy atom. The standard InChI is InChI=1S/C19H13NO6S/c21-19-17(26-13-14-9-11-15(12-10-14)20(22)23)7-4-8-18(19)27(24,25)16-5-2-1-3-6-16/h2-6,8-12,21H,13H2. The van der Waals surface area contributed by atoms with Gasteiger partial charge in [0.2, 0.25) is 9.84 Å². The zero-order valence-corrected chi connectivity index (χ0v) is 14.6. The van der Waals surface area contributed by atoms with Crippen LogP contribution in [-0.4, -0.2) is 18.4 Å². The fourth-order valence-corrected chi connectivity index (χ4v) is 3.67. The van der Waals surface area contributed by atoms with Crippen molar-refractivity contribution in [1.82, 2.24) is 0 Å². The minimum atomic E-state index is -3.94. The summed E-state index contributed by atoms with van der Waals surface area (Å²) in [5.74, 6) is -0.677. The summed E-state index contributed by atoms with van der Waals surface area (Å²) in [4.78, 5) is 9.87. The van der Waals surface area contributed by atoms with Crippen molar-refractivity contribution < 1.29 is 23.2 Å². The second-order valence-electron chi connectivity index (χ2n) is 5.47. The number of hydrogen-bond acceptors (Lipinski definition) is 6. The molecule has 0 unspecified atom stereocenters. The normalized spacial score (nSPS) is 11.1. The summed E-state index contributed by atoms with van der Waals surface area (Å²) < 4.78 is 30.8. The second kappa shape index (κ2) is 7.46. The molecule has 0 saturated carbocycles. The van der Waals surface area contributed by atoms with Gasteiger partial charge in [-0.25, -0.2) is 8.42 Å². The van der Waals surface area contributed by atoms with Gasteiger partial charge in [-0.05, 0) is 48.0 Å². The number of nitro groups is 1. The summed E-state index contributed by atoms with van der Waals surface area (Å²) in [5, 5.41) is 21.0. The molecule has 3 aromatic rings. The Balaban J connectivity index is 1.84. The molecule has 0 aliphatic carbocycles. The number of aromatic hydroxyl groups is 1. The average Bonchev–Trinajstić information content (AvgIpc) is 2.68. The summed E-state index contributed by atoms with van der Waals surface area (Å²) in [6.45, 7) is -0.0220. The number of nitrogens with zero attached hydrogens (tertiary/aromatic N) is 1. The minimum Gasteiger partial charge on any atom is -0.503 e. The van der Waals surface area contributed by atoms with Crippen LogP contribution in [0.5, 0.6) is 11.5 Å². The molecule has 0 heterocycles. The molecule has 2 radical (unpaired) electrons. The van der Waals surface area contributed by atoms with E-state index in [2.05, 4.69) is 12.1 Å². The number of nitro benzene ring substituents is 1. The van der Waals surface area contributed by atoms with Gasteiger partial charge in [-0.3, -0.25) is 10.1 Å². The molecular formula is C19H13NO6S. The molecule has 0 amide bonds. The van der Waals surface area contributed by atoms with Gasteiger partial charge in [0, 0.05) is 18.2 Å². The van der Waals surface area contributed by atoms with Gasteiger partial charge in [0.15, 0.2) is 11.5 Å². The van der Waals surface area contributed by atoms with Gasteiger partial charge in [-0.1, -0.05) is 12.1 Å². The zero-order valence-electron chi connectivity index (χ0n) is 13.8. The molecule has 0 aromatic heterocycles. The predicted molar refractivity (Wildman–Crippen MR) is 95.1 cm³/mol. The van der Waals surface area contributed by atoms with Crippen LogP contribution in [-0.2, 0) is 16.4 Å². The highest BCUT2D eigenvalue weighted by molar-refractivity contribution is 7.91. The Morgan fingerprint density at radius 1 is 1.04 bits per heavy atom. The molecule has 0 atom stereocenters. The van der Waals surface area contributed by atoms with Crippen molar-refractivity contribution in [1.29, 1.82) is 0 Å². The van der Waals surface area contributed by atoms with Crippen LogP contribution < -0.4 is 4.74 Å². The van der Waals surface area contributed by atoms with Crippen molar-refractivity contribution >= 4 is 15.5 Å². The van der Waals surface area contributed by atoms with Crippen molar-refractivity contribution in [2.45, 2.75) is 16.4 Å². The molecule has 0 spiro atoms. The average molecular weight is 383 g/mol. The molecule has 0 fully saturated rings. The lowest BCUT2D eigenvalue weighted by molar-refractivity contribution is -0.384. The van der Waals surface area contributed by atoms with E-state index in [0.717, 1.165) is 0 Å². The Kier molecular flexibility index (Phi) is 5.09. The molecule has 0 aliphatic rings. The first kappa shape index (κ1) is 18.4. The number of hydrogen-bond donors (Lipinski definition) is 1. The SMILES string of the molecule is O=[N+]([O-])c1ccc(COc2[c]ccc(S(=O)(=O)c3cc[c]cc3)c2O)cc1. The maximum atomic E-state index is 12.7. The summed E-state index contributed by atoms with van der Waals surface area (Å²) in [5.41, 5.74) is 0.557. The lowest BCUT2D eigenvalue weighted by atomic mass is 10.2. The third kappa shape index (κ3) is 3.90. The Morgan fingerprint density at radius 2 is 1.70 bits per heavy atom. The molecule has 136 valence electrons. The number of non-ortho nitro benzene ring substituents is 1. The number of ether oxygens (including phenoxy) is 1. The number of sulfone groups is 1. The van der Waals surface area contributed by atoms with Crippen LogP contribution >= 0.6 is 0 Å². The van der Waals surface area contributed by atoms with Gasteiger partial charge >= 0.3 is 0 Å². The van der Waals surface area contributed by atoms with E-state index >= 15 is 0 Å². The molecule has 0 saturated heterocycles. The Bertz CT molecular complexity index is 1060. The highest BCUT2D eigenvalue weighted by Crippen LogP contribution is 2.36. The molecule has 3 rings (SSSR count). The van der Waals surface area contributed by atoms with Crippen molar-refractivity contribution in [3.63, 3.8) is 0 Å². The maximum absolute atomic E-state index is 12.7. The van der Waals surface area contributed by atoms with Crippen LogP contribution in [0, 0.1) is 22.2 Å². The van der Waals surface area contributed by atoms with E-state index in [1.807, 2.05) is 0 Å². The summed E-state index contributed by atoms with van der Waals surface area (Å²) in [6.07, 6.45) is 0. The van der Waals surface area contributed by atoms with Crippen LogP contribution in [0.3, 0.4) is 0 Å². The van der Waals surface area contributed by atoms with Crippen molar-refractivity contribution in [3.8, 4) is 11.5 Å². The molecular weight excluding hydrogens is 370 g/mol. The largest absolute Gasteiger partial charge is 0.503 e. The van der Waals surface area contributed by atoms with Gasteiger partial charge in [0.25, 0.3) is 5.69 Å². The van der Waals surface area contributed by atoms with Gasteiger partial charge in [-0.15, -0.1) is 0 Å². The van der Waals surface area contributed by atoms with Crippen LogP contribution in [0.1, 0.15) is 5.56 Å². The number of phenolic OH excluding ortho intramolecular Hbond substituents is 1. The number of phenols is 1. The predicted octanol–water partition coefficient (Wildman–Crippen LogP) is 3.31. The van der Waals surface area contributed by atoms with Gasteiger partial charge < -0.3 is 9.84 Å². The molecule has 0 bridgehead atoms. The first-order valence-corrected chi connectivity index (χ1v) is 9.19. The summed E-state index contributed by atoms with van der Waals surface area (Å²) in [6, 6.07) is 19.3. The van der Waals surface area contributed by atoms with E-state index in [-0.39, 0.29) is 27.8 Å². The quantitative estimate of drug-likeness (QED) is 0.517. The summed E-state index contributed by atoms with van der Waals surface area (Å²) in [7, 11) is -3.94. The number of rotatable bonds is 6. The first-order valence-electron chi connectivity index (χ1n) is 7.70. The molecule has 0 aliphatic heterocycles. The highest BCUT2D eigenvalue weighted by atomic mass is 32.2. The third-order valence-electron chi connectivity index (χ3n) is 3.72. The molecule has 27 heavy (non-hydrogen) atoms. The molecule has 8 heteroatoms. The Hall–Kier alpha value is -3.39. The lowest BCUT2D eigenvalue weighted by Crippen LogP contribution is -2.04. The lowest BCUT2D eigenvalue weighted by Gasteiger charge is -2.11. The summed E-state index contributed by atoms with van der Waals surface area (Å²) >= 11 is 0. The van der Waals surface area contributed by atoms with E-state index in [1.54, 1.807) is 0 Å². The Labute approximate surface area is 155 Å². The van der Waals surface area contributed by atoms with Crippen molar-refractivity contribution in [2.75, 3.05) is 0 Å². The van der Waals surface area contributed by atoms with E-state index in [4.69, 9.17) is 4.74 Å². The van der Waals surface area contributed by atoms with Crippen molar-refractivity contribution in [2.24, 2.45) is 0 Å². The number of benzene rings is 3.